The van der Waals surface area contributed by atoms with Crippen molar-refractivity contribution < 1.29 is 4.74 Å². The van der Waals surface area contributed by atoms with Crippen LogP contribution in [0.15, 0.2) is 6.20 Å². The van der Waals surface area contributed by atoms with Gasteiger partial charge in [-0.2, -0.15) is 16.9 Å². The van der Waals surface area contributed by atoms with E-state index in [1.165, 1.54) is 29.9 Å². The first-order valence-corrected chi connectivity index (χ1v) is 8.73. The molecular formula is C15H25N3OS. The summed E-state index contributed by atoms with van der Waals surface area (Å²) >= 11 is 2.05. The fourth-order valence-corrected chi connectivity index (χ4v) is 4.90. The third-order valence-electron chi connectivity index (χ3n) is 4.85. The van der Waals surface area contributed by atoms with Crippen molar-refractivity contribution in [3.05, 3.63) is 17.5 Å². The van der Waals surface area contributed by atoms with Crippen LogP contribution in [0.2, 0.25) is 0 Å². The van der Waals surface area contributed by atoms with E-state index in [0.717, 1.165) is 25.1 Å². The monoisotopic (exact) mass is 295 g/mol. The summed E-state index contributed by atoms with van der Waals surface area (Å²) in [5.74, 6) is 2.98. The molecule has 2 unspecified atom stereocenters. The highest BCUT2D eigenvalue weighted by Gasteiger charge is 2.40. The Kier molecular flexibility index (Phi) is 4.11. The Morgan fingerprint density at radius 2 is 2.25 bits per heavy atom. The van der Waals surface area contributed by atoms with E-state index in [-0.39, 0.29) is 11.6 Å². The Labute approximate surface area is 125 Å². The number of hydrogen-bond acceptors (Lipinski definition) is 4. The zero-order chi connectivity index (χ0) is 14.2. The van der Waals surface area contributed by atoms with Gasteiger partial charge in [-0.3, -0.25) is 4.68 Å². The fraction of sp³-hybridized carbons (Fsp3) is 0.800. The molecular weight excluding hydrogens is 270 g/mol. The standard InChI is InChI=1S/C15H25N3OS/c1-11-13(10-18(2)17-11)14(16)12-3-6-19-15(9-12)4-7-20-8-5-15/h10,12,14H,3-9,16H2,1-2H3. The summed E-state index contributed by atoms with van der Waals surface area (Å²) in [6, 6.07) is 0.0963. The summed E-state index contributed by atoms with van der Waals surface area (Å²) in [5.41, 5.74) is 8.95. The van der Waals surface area contributed by atoms with Gasteiger partial charge in [0, 0.05) is 31.5 Å². The molecule has 2 fully saturated rings. The molecule has 1 spiro atoms. The van der Waals surface area contributed by atoms with Gasteiger partial charge in [-0.1, -0.05) is 0 Å². The average molecular weight is 295 g/mol. The van der Waals surface area contributed by atoms with Crippen LogP contribution in [0.5, 0.6) is 0 Å². The van der Waals surface area contributed by atoms with Gasteiger partial charge in [-0.05, 0) is 50.0 Å². The maximum atomic E-state index is 6.56. The summed E-state index contributed by atoms with van der Waals surface area (Å²) < 4.78 is 8.04. The Hall–Kier alpha value is -0.520. The maximum absolute atomic E-state index is 6.56. The summed E-state index contributed by atoms with van der Waals surface area (Å²) in [5, 5.41) is 4.43. The van der Waals surface area contributed by atoms with Crippen molar-refractivity contribution in [2.24, 2.45) is 18.7 Å². The smallest absolute Gasteiger partial charge is 0.0701 e. The van der Waals surface area contributed by atoms with Crippen molar-refractivity contribution >= 4 is 11.8 Å². The first-order valence-electron chi connectivity index (χ1n) is 7.57. The molecule has 0 amide bonds. The Morgan fingerprint density at radius 1 is 1.50 bits per heavy atom. The molecule has 0 radical (unpaired) electrons. The molecule has 1 aromatic heterocycles. The van der Waals surface area contributed by atoms with E-state index in [1.807, 2.05) is 23.5 Å². The largest absolute Gasteiger partial charge is 0.375 e. The lowest BCUT2D eigenvalue weighted by Gasteiger charge is -2.44. The van der Waals surface area contributed by atoms with E-state index in [0.29, 0.717) is 5.92 Å². The van der Waals surface area contributed by atoms with Crippen LogP contribution >= 0.6 is 11.8 Å². The van der Waals surface area contributed by atoms with Crippen molar-refractivity contribution in [1.29, 1.82) is 0 Å². The number of aromatic nitrogens is 2. The third-order valence-corrected chi connectivity index (χ3v) is 5.84. The summed E-state index contributed by atoms with van der Waals surface area (Å²) in [6.45, 7) is 2.92. The highest BCUT2D eigenvalue weighted by atomic mass is 32.2. The van der Waals surface area contributed by atoms with Gasteiger partial charge < -0.3 is 10.5 Å². The lowest BCUT2D eigenvalue weighted by Crippen LogP contribution is -2.45. The predicted octanol–water partition coefficient (Wildman–Crippen LogP) is 2.42. The van der Waals surface area contributed by atoms with Crippen LogP contribution in [0, 0.1) is 12.8 Å². The molecule has 0 saturated carbocycles. The summed E-state index contributed by atoms with van der Waals surface area (Å²) in [7, 11) is 1.97. The molecule has 0 aliphatic carbocycles. The Bertz CT molecular complexity index is 462. The van der Waals surface area contributed by atoms with Gasteiger partial charge in [-0.25, -0.2) is 0 Å². The number of ether oxygens (including phenoxy) is 1. The topological polar surface area (TPSA) is 53.1 Å². The van der Waals surface area contributed by atoms with Crippen LogP contribution in [-0.4, -0.2) is 33.5 Å². The van der Waals surface area contributed by atoms with E-state index in [2.05, 4.69) is 18.2 Å². The molecule has 0 aromatic carbocycles. The average Bonchev–Trinajstić information content (AvgIpc) is 2.78. The molecule has 3 heterocycles. The summed E-state index contributed by atoms with van der Waals surface area (Å²) in [4.78, 5) is 0. The lowest BCUT2D eigenvalue weighted by atomic mass is 9.77. The molecule has 20 heavy (non-hydrogen) atoms. The van der Waals surface area contributed by atoms with Crippen LogP contribution in [0.25, 0.3) is 0 Å². The van der Waals surface area contributed by atoms with Crippen molar-refractivity contribution in [2.45, 2.75) is 44.2 Å². The summed E-state index contributed by atoms with van der Waals surface area (Å²) in [6.07, 6.45) is 6.64. The number of nitrogens with two attached hydrogens (primary N) is 1. The van der Waals surface area contributed by atoms with E-state index in [9.17, 15) is 0 Å². The second kappa shape index (κ2) is 5.70. The van der Waals surface area contributed by atoms with Crippen LogP contribution < -0.4 is 5.73 Å². The predicted molar refractivity (Wildman–Crippen MR) is 82.8 cm³/mol. The Morgan fingerprint density at radius 3 is 2.90 bits per heavy atom. The van der Waals surface area contributed by atoms with Crippen molar-refractivity contribution in [1.82, 2.24) is 9.78 Å². The van der Waals surface area contributed by atoms with E-state index >= 15 is 0 Å². The first kappa shape index (κ1) is 14.4. The molecule has 2 saturated heterocycles. The zero-order valence-corrected chi connectivity index (χ0v) is 13.3. The second-order valence-corrected chi connectivity index (χ2v) is 7.49. The molecule has 2 atom stereocenters. The van der Waals surface area contributed by atoms with Gasteiger partial charge in [0.1, 0.15) is 0 Å². The first-order chi connectivity index (χ1) is 9.60. The molecule has 2 N–H and O–H groups in total. The maximum Gasteiger partial charge on any atom is 0.0701 e. The number of thioether (sulfide) groups is 1. The zero-order valence-electron chi connectivity index (χ0n) is 12.5. The molecule has 2 aliphatic rings. The van der Waals surface area contributed by atoms with Gasteiger partial charge in [0.15, 0.2) is 0 Å². The Balaban J connectivity index is 1.74. The molecule has 0 bridgehead atoms. The normalized spacial score (nSPS) is 27.6. The number of nitrogens with zero attached hydrogens (tertiary/aromatic N) is 2. The van der Waals surface area contributed by atoms with Crippen molar-refractivity contribution in [2.75, 3.05) is 18.1 Å². The minimum absolute atomic E-state index is 0.0963. The van der Waals surface area contributed by atoms with Crippen molar-refractivity contribution in [3.63, 3.8) is 0 Å². The molecule has 1 aromatic rings. The van der Waals surface area contributed by atoms with Crippen LogP contribution in [-0.2, 0) is 11.8 Å². The second-order valence-electron chi connectivity index (χ2n) is 6.27. The van der Waals surface area contributed by atoms with Gasteiger partial charge in [0.05, 0.1) is 11.3 Å². The molecule has 112 valence electrons. The highest BCUT2D eigenvalue weighted by Crippen LogP contribution is 2.43. The highest BCUT2D eigenvalue weighted by molar-refractivity contribution is 7.99. The quantitative estimate of drug-likeness (QED) is 0.910. The molecule has 2 aliphatic heterocycles. The molecule has 4 nitrogen and oxygen atoms in total. The van der Waals surface area contributed by atoms with E-state index in [4.69, 9.17) is 10.5 Å². The lowest BCUT2D eigenvalue weighted by molar-refractivity contribution is -0.105. The molecule has 3 rings (SSSR count). The van der Waals surface area contributed by atoms with E-state index in [1.54, 1.807) is 0 Å². The van der Waals surface area contributed by atoms with Gasteiger partial charge in [0.2, 0.25) is 0 Å². The fourth-order valence-electron chi connectivity index (χ4n) is 3.66. The minimum atomic E-state index is 0.0963. The van der Waals surface area contributed by atoms with Crippen LogP contribution in [0.3, 0.4) is 0 Å². The number of rotatable bonds is 2. The van der Waals surface area contributed by atoms with Gasteiger partial charge in [-0.15, -0.1) is 0 Å². The number of aryl methyl sites for hydroxylation is 2. The van der Waals surface area contributed by atoms with Gasteiger partial charge in [0.25, 0.3) is 0 Å². The van der Waals surface area contributed by atoms with Gasteiger partial charge >= 0.3 is 0 Å². The molecule has 5 heteroatoms. The van der Waals surface area contributed by atoms with Crippen molar-refractivity contribution in [3.8, 4) is 0 Å². The third kappa shape index (κ3) is 2.76. The van der Waals surface area contributed by atoms with Crippen LogP contribution in [0.4, 0.5) is 0 Å². The van der Waals surface area contributed by atoms with E-state index < -0.39 is 0 Å². The van der Waals surface area contributed by atoms with Crippen LogP contribution in [0.1, 0.15) is 43.0 Å². The number of hydrogen-bond donors (Lipinski definition) is 1. The minimum Gasteiger partial charge on any atom is -0.375 e. The SMILES string of the molecule is Cc1nn(C)cc1C(N)C1CCOC2(CCSCC2)C1.